The molecule has 0 heterocycles. The van der Waals surface area contributed by atoms with E-state index in [1.54, 1.807) is 43.7 Å². The monoisotopic (exact) mass is 434 g/mol. The molecule has 2 aromatic rings. The minimum Gasteiger partial charge on any atom is -0.494 e. The van der Waals surface area contributed by atoms with Crippen LogP contribution >= 0.6 is 15.9 Å². The van der Waals surface area contributed by atoms with Gasteiger partial charge in [-0.3, -0.25) is 4.79 Å². The lowest BCUT2D eigenvalue weighted by Gasteiger charge is -2.15. The van der Waals surface area contributed by atoms with Crippen molar-refractivity contribution in [2.75, 3.05) is 13.7 Å². The number of benzene rings is 2. The number of hydrogen-bond donors (Lipinski definition) is 1. The van der Waals surface area contributed by atoms with E-state index in [0.717, 1.165) is 15.8 Å². The molecule has 7 heteroatoms. The van der Waals surface area contributed by atoms with E-state index in [1.165, 1.54) is 0 Å². The third-order valence-electron chi connectivity index (χ3n) is 3.41. The highest BCUT2D eigenvalue weighted by molar-refractivity contribution is 9.10. The zero-order valence-electron chi connectivity index (χ0n) is 15.8. The Labute approximate surface area is 167 Å². The van der Waals surface area contributed by atoms with Crippen molar-refractivity contribution < 1.29 is 19.0 Å². The fraction of sp³-hybridized carbons (Fsp3) is 0.300. The molecule has 0 aliphatic rings. The van der Waals surface area contributed by atoms with E-state index in [4.69, 9.17) is 14.2 Å². The first kappa shape index (κ1) is 20.8. The summed E-state index contributed by atoms with van der Waals surface area (Å²) >= 11 is 3.48. The molecule has 1 N–H and O–H groups in total. The smallest absolute Gasteiger partial charge is 0.271 e. The lowest BCUT2D eigenvalue weighted by molar-refractivity contribution is 0.0955. The van der Waals surface area contributed by atoms with E-state index in [-0.39, 0.29) is 12.0 Å². The van der Waals surface area contributed by atoms with E-state index in [2.05, 4.69) is 26.5 Å². The number of methoxy groups -OCH3 is 1. The molecule has 0 radical (unpaired) electrons. The van der Waals surface area contributed by atoms with E-state index >= 15 is 0 Å². The van der Waals surface area contributed by atoms with Gasteiger partial charge in [0.25, 0.3) is 5.91 Å². The summed E-state index contributed by atoms with van der Waals surface area (Å²) in [5, 5.41) is 4.01. The van der Waals surface area contributed by atoms with E-state index < -0.39 is 0 Å². The first-order chi connectivity index (χ1) is 12.9. The van der Waals surface area contributed by atoms with Crippen LogP contribution in [-0.2, 0) is 0 Å². The Morgan fingerprint density at radius 3 is 2.56 bits per heavy atom. The first-order valence-electron chi connectivity index (χ1n) is 8.55. The predicted octanol–water partition coefficient (Wildman–Crippen LogP) is 4.41. The predicted molar refractivity (Wildman–Crippen MR) is 109 cm³/mol. The molecule has 2 rings (SSSR count). The van der Waals surface area contributed by atoms with Crippen molar-refractivity contribution in [1.29, 1.82) is 0 Å². The summed E-state index contributed by atoms with van der Waals surface area (Å²) in [6.45, 7) is 6.37. The summed E-state index contributed by atoms with van der Waals surface area (Å²) in [6, 6.07) is 10.5. The quantitative estimate of drug-likeness (QED) is 0.493. The Balaban J connectivity index is 2.06. The second kappa shape index (κ2) is 9.97. The van der Waals surface area contributed by atoms with Crippen LogP contribution in [0, 0.1) is 0 Å². The maximum absolute atomic E-state index is 12.1. The van der Waals surface area contributed by atoms with Gasteiger partial charge in [0.2, 0.25) is 0 Å². The second-order valence-electron chi connectivity index (χ2n) is 5.86. The average molecular weight is 435 g/mol. The Bertz CT molecular complexity index is 804. The van der Waals surface area contributed by atoms with Crippen LogP contribution < -0.4 is 19.6 Å². The van der Waals surface area contributed by atoms with Crippen molar-refractivity contribution in [3.63, 3.8) is 0 Å². The van der Waals surface area contributed by atoms with E-state index in [0.29, 0.717) is 23.7 Å². The molecule has 144 valence electrons. The number of hydrogen-bond acceptors (Lipinski definition) is 5. The van der Waals surface area contributed by atoms with Gasteiger partial charge in [-0.05, 0) is 78.7 Å². The maximum Gasteiger partial charge on any atom is 0.271 e. The van der Waals surface area contributed by atoms with Gasteiger partial charge in [-0.1, -0.05) is 0 Å². The van der Waals surface area contributed by atoms with Crippen molar-refractivity contribution >= 4 is 28.1 Å². The number of halogens is 1. The Kier molecular flexibility index (Phi) is 7.67. The number of ether oxygens (including phenoxy) is 3. The topological polar surface area (TPSA) is 69.2 Å². The zero-order valence-corrected chi connectivity index (χ0v) is 17.4. The summed E-state index contributed by atoms with van der Waals surface area (Å²) in [5.74, 6) is 1.62. The number of carbonyl (C=O) groups is 1. The number of amides is 1. The summed E-state index contributed by atoms with van der Waals surface area (Å²) < 4.78 is 17.2. The fourth-order valence-electron chi connectivity index (χ4n) is 2.26. The molecule has 2 aromatic carbocycles. The summed E-state index contributed by atoms with van der Waals surface area (Å²) in [6.07, 6.45) is 1.56. The van der Waals surface area contributed by atoms with Crippen molar-refractivity contribution in [3.05, 3.63) is 52.0 Å². The number of nitrogens with one attached hydrogen (secondary N) is 1. The second-order valence-corrected chi connectivity index (χ2v) is 6.71. The van der Waals surface area contributed by atoms with Crippen LogP contribution in [0.15, 0.2) is 46.0 Å². The molecule has 0 unspecified atom stereocenters. The fourth-order valence-corrected chi connectivity index (χ4v) is 2.82. The molecule has 6 nitrogen and oxygen atoms in total. The van der Waals surface area contributed by atoms with Gasteiger partial charge in [0.05, 0.1) is 30.5 Å². The van der Waals surface area contributed by atoms with Crippen LogP contribution in [-0.4, -0.2) is 31.9 Å². The van der Waals surface area contributed by atoms with Crippen molar-refractivity contribution in [3.8, 4) is 17.2 Å². The molecular formula is C20H23BrN2O4. The highest BCUT2D eigenvalue weighted by Crippen LogP contribution is 2.36. The van der Waals surface area contributed by atoms with Crippen molar-refractivity contribution in [2.24, 2.45) is 5.10 Å². The van der Waals surface area contributed by atoms with Gasteiger partial charge in [0.15, 0.2) is 11.5 Å². The Morgan fingerprint density at radius 1 is 1.26 bits per heavy atom. The molecule has 1 amide bonds. The molecular weight excluding hydrogens is 412 g/mol. The van der Waals surface area contributed by atoms with E-state index in [9.17, 15) is 4.79 Å². The molecule has 27 heavy (non-hydrogen) atoms. The van der Waals surface area contributed by atoms with Gasteiger partial charge in [-0.2, -0.15) is 5.10 Å². The van der Waals surface area contributed by atoms with Crippen LogP contribution in [0.5, 0.6) is 17.2 Å². The minimum absolute atomic E-state index is 0.0168. The normalized spacial score (nSPS) is 10.9. The van der Waals surface area contributed by atoms with Crippen LogP contribution in [0.3, 0.4) is 0 Å². The van der Waals surface area contributed by atoms with Gasteiger partial charge >= 0.3 is 0 Å². The van der Waals surface area contributed by atoms with Crippen LogP contribution in [0.4, 0.5) is 0 Å². The number of carbonyl (C=O) groups excluding carboxylic acids is 1. The minimum atomic E-state index is -0.305. The highest BCUT2D eigenvalue weighted by Gasteiger charge is 2.12. The van der Waals surface area contributed by atoms with Crippen molar-refractivity contribution in [2.45, 2.75) is 26.9 Å². The Morgan fingerprint density at radius 2 is 1.96 bits per heavy atom. The SMILES string of the molecule is CCOc1ccc(C(=O)N/N=C\c2cc(Br)c(OC(C)C)c(OC)c2)cc1. The summed E-state index contributed by atoms with van der Waals surface area (Å²) in [5.41, 5.74) is 3.75. The molecule has 0 spiro atoms. The molecule has 0 bridgehead atoms. The summed E-state index contributed by atoms with van der Waals surface area (Å²) in [7, 11) is 1.57. The van der Waals surface area contributed by atoms with Gasteiger partial charge in [-0.25, -0.2) is 5.43 Å². The third kappa shape index (κ3) is 5.99. The summed E-state index contributed by atoms with van der Waals surface area (Å²) in [4.78, 5) is 12.1. The standard InChI is InChI=1S/C20H23BrN2O4/c1-5-26-16-8-6-15(7-9-16)20(24)23-22-12-14-10-17(21)19(27-13(2)3)18(11-14)25-4/h6-13H,5H2,1-4H3,(H,23,24)/b22-12-. The first-order valence-corrected chi connectivity index (χ1v) is 9.34. The van der Waals surface area contributed by atoms with E-state index in [1.807, 2.05) is 26.8 Å². The Hall–Kier alpha value is -2.54. The third-order valence-corrected chi connectivity index (χ3v) is 4.00. The number of rotatable bonds is 8. The van der Waals surface area contributed by atoms with Crippen molar-refractivity contribution in [1.82, 2.24) is 5.43 Å². The van der Waals surface area contributed by atoms with Gasteiger partial charge in [-0.15, -0.1) is 0 Å². The lowest BCUT2D eigenvalue weighted by atomic mass is 10.2. The molecule has 0 aliphatic carbocycles. The molecule has 0 fully saturated rings. The highest BCUT2D eigenvalue weighted by atomic mass is 79.9. The zero-order chi connectivity index (χ0) is 19.8. The van der Waals surface area contributed by atoms with Crippen LogP contribution in [0.25, 0.3) is 0 Å². The molecule has 0 atom stereocenters. The maximum atomic E-state index is 12.1. The number of nitrogens with zero attached hydrogens (tertiary/aromatic N) is 1. The average Bonchev–Trinajstić information content (AvgIpc) is 2.64. The van der Waals surface area contributed by atoms with Gasteiger partial charge < -0.3 is 14.2 Å². The largest absolute Gasteiger partial charge is 0.494 e. The molecule has 0 saturated carbocycles. The number of hydrazone groups is 1. The lowest BCUT2D eigenvalue weighted by Crippen LogP contribution is -2.17. The van der Waals surface area contributed by atoms with Gasteiger partial charge in [0.1, 0.15) is 5.75 Å². The molecule has 0 saturated heterocycles. The molecule has 0 aromatic heterocycles. The van der Waals surface area contributed by atoms with Gasteiger partial charge in [0, 0.05) is 5.56 Å². The van der Waals surface area contributed by atoms with Crippen LogP contribution in [0.2, 0.25) is 0 Å². The van der Waals surface area contributed by atoms with Crippen LogP contribution in [0.1, 0.15) is 36.7 Å². The molecule has 0 aliphatic heterocycles.